The number of hydrogen-bond acceptors (Lipinski definition) is 2. The van der Waals surface area contributed by atoms with Crippen LogP contribution in [0.1, 0.15) is 13.8 Å². The van der Waals surface area contributed by atoms with E-state index in [1.54, 1.807) is 13.0 Å². The minimum atomic E-state index is -0.850. The first-order valence-corrected chi connectivity index (χ1v) is 3.64. The second-order valence-corrected chi connectivity index (χ2v) is 2.89. The molecule has 62 valence electrons. The summed E-state index contributed by atoms with van der Waals surface area (Å²) in [4.78, 5) is 10.4. The van der Waals surface area contributed by atoms with Gasteiger partial charge in [0.25, 0.3) is 0 Å². The molecule has 0 aliphatic carbocycles. The monoisotopic (exact) mass is 156 g/mol. The number of hydrogen-bond donors (Lipinski definition) is 1. The maximum Gasteiger partial charge on any atom is 0.330 e. The average Bonchev–Trinajstić information content (AvgIpc) is 2.67. The molecule has 0 amide bonds. The number of carbonyl (C=O) groups is 1. The number of epoxide rings is 1. The highest BCUT2D eigenvalue weighted by Gasteiger charge is 2.28. The summed E-state index contributed by atoms with van der Waals surface area (Å²) in [7, 11) is 0. The van der Waals surface area contributed by atoms with Crippen molar-refractivity contribution in [2.24, 2.45) is 5.92 Å². The van der Waals surface area contributed by atoms with E-state index in [2.05, 4.69) is 0 Å². The molecule has 1 fully saturated rings. The summed E-state index contributed by atoms with van der Waals surface area (Å²) in [5, 5.41) is 8.52. The maximum absolute atomic E-state index is 10.4. The third-order valence-electron chi connectivity index (χ3n) is 1.80. The van der Waals surface area contributed by atoms with Crippen molar-refractivity contribution in [2.45, 2.75) is 20.0 Å². The van der Waals surface area contributed by atoms with Crippen LogP contribution in [-0.2, 0) is 9.53 Å². The van der Waals surface area contributed by atoms with Gasteiger partial charge in [-0.1, -0.05) is 13.0 Å². The molecule has 0 radical (unpaired) electrons. The lowest BCUT2D eigenvalue weighted by atomic mass is 10.1. The zero-order valence-corrected chi connectivity index (χ0v) is 6.70. The molecule has 1 aliphatic rings. The largest absolute Gasteiger partial charge is 0.478 e. The van der Waals surface area contributed by atoms with Gasteiger partial charge in [-0.05, 0) is 6.92 Å². The molecular weight excluding hydrogens is 144 g/mol. The van der Waals surface area contributed by atoms with E-state index >= 15 is 0 Å². The Morgan fingerprint density at radius 3 is 2.73 bits per heavy atom. The van der Waals surface area contributed by atoms with Crippen LogP contribution in [0.5, 0.6) is 0 Å². The molecule has 0 aromatic heterocycles. The van der Waals surface area contributed by atoms with E-state index in [0.29, 0.717) is 5.57 Å². The van der Waals surface area contributed by atoms with Gasteiger partial charge in [0.15, 0.2) is 0 Å². The van der Waals surface area contributed by atoms with Gasteiger partial charge in [0, 0.05) is 11.5 Å². The predicted octanol–water partition coefficient (Wildman–Crippen LogP) is 1.05. The molecule has 2 atom stereocenters. The van der Waals surface area contributed by atoms with Crippen LogP contribution in [0.2, 0.25) is 0 Å². The lowest BCUT2D eigenvalue weighted by Gasteiger charge is -2.00. The van der Waals surface area contributed by atoms with Crippen molar-refractivity contribution in [3.63, 3.8) is 0 Å². The number of carboxylic acids is 1. The third-order valence-corrected chi connectivity index (χ3v) is 1.80. The molecular formula is C8H12O3. The van der Waals surface area contributed by atoms with Crippen molar-refractivity contribution >= 4 is 5.97 Å². The Labute approximate surface area is 65.7 Å². The predicted molar refractivity (Wildman–Crippen MR) is 40.3 cm³/mol. The second kappa shape index (κ2) is 3.05. The van der Waals surface area contributed by atoms with Gasteiger partial charge in [-0.25, -0.2) is 4.79 Å². The van der Waals surface area contributed by atoms with Crippen LogP contribution >= 0.6 is 0 Å². The van der Waals surface area contributed by atoms with Gasteiger partial charge in [0.05, 0.1) is 12.7 Å². The van der Waals surface area contributed by atoms with Gasteiger partial charge in [-0.3, -0.25) is 0 Å². The summed E-state index contributed by atoms with van der Waals surface area (Å²) in [6.45, 7) is 4.33. The minimum Gasteiger partial charge on any atom is -0.478 e. The van der Waals surface area contributed by atoms with E-state index in [4.69, 9.17) is 9.84 Å². The molecule has 11 heavy (non-hydrogen) atoms. The van der Waals surface area contributed by atoms with E-state index in [0.717, 1.165) is 6.61 Å². The fourth-order valence-corrected chi connectivity index (χ4v) is 0.932. The van der Waals surface area contributed by atoms with Gasteiger partial charge in [0.1, 0.15) is 0 Å². The van der Waals surface area contributed by atoms with Gasteiger partial charge in [0.2, 0.25) is 0 Å². The van der Waals surface area contributed by atoms with Crippen molar-refractivity contribution in [1.29, 1.82) is 0 Å². The van der Waals surface area contributed by atoms with Crippen LogP contribution in [0.25, 0.3) is 0 Å². The molecule has 1 aliphatic heterocycles. The van der Waals surface area contributed by atoms with E-state index in [1.807, 2.05) is 6.92 Å². The Bertz CT molecular complexity index is 192. The maximum atomic E-state index is 10.4. The fourth-order valence-electron chi connectivity index (χ4n) is 0.932. The van der Waals surface area contributed by atoms with Gasteiger partial charge in [-0.15, -0.1) is 0 Å². The molecule has 0 saturated carbocycles. The van der Waals surface area contributed by atoms with Gasteiger partial charge < -0.3 is 9.84 Å². The smallest absolute Gasteiger partial charge is 0.330 e. The summed E-state index contributed by atoms with van der Waals surface area (Å²) in [6.07, 6.45) is 1.99. The zero-order chi connectivity index (χ0) is 8.43. The summed E-state index contributed by atoms with van der Waals surface area (Å²) in [6, 6.07) is 0. The Balaban J connectivity index is 2.48. The van der Waals surface area contributed by atoms with Crippen LogP contribution in [0, 0.1) is 5.92 Å². The van der Waals surface area contributed by atoms with E-state index in [9.17, 15) is 4.79 Å². The summed E-state index contributed by atoms with van der Waals surface area (Å²) < 4.78 is 5.01. The molecule has 1 rings (SSSR count). The van der Waals surface area contributed by atoms with Crippen molar-refractivity contribution in [3.05, 3.63) is 11.6 Å². The first-order valence-electron chi connectivity index (χ1n) is 3.64. The van der Waals surface area contributed by atoms with Crippen LogP contribution < -0.4 is 0 Å². The zero-order valence-electron chi connectivity index (χ0n) is 6.70. The van der Waals surface area contributed by atoms with Gasteiger partial charge >= 0.3 is 5.97 Å². The lowest BCUT2D eigenvalue weighted by Crippen LogP contribution is -2.04. The summed E-state index contributed by atoms with van der Waals surface area (Å²) >= 11 is 0. The van der Waals surface area contributed by atoms with E-state index in [1.165, 1.54) is 0 Å². The quantitative estimate of drug-likeness (QED) is 0.491. The van der Waals surface area contributed by atoms with Crippen LogP contribution in [0.15, 0.2) is 11.6 Å². The van der Waals surface area contributed by atoms with Gasteiger partial charge in [-0.2, -0.15) is 0 Å². The van der Waals surface area contributed by atoms with E-state index in [-0.39, 0.29) is 12.0 Å². The SMILES string of the molecule is C/C(=C\C(C)C1CO1)C(=O)O. The second-order valence-electron chi connectivity index (χ2n) is 2.89. The highest BCUT2D eigenvalue weighted by atomic mass is 16.6. The topological polar surface area (TPSA) is 49.8 Å². The van der Waals surface area contributed by atoms with Crippen molar-refractivity contribution < 1.29 is 14.6 Å². The normalized spacial score (nSPS) is 26.4. The number of rotatable bonds is 3. The molecule has 2 unspecified atom stereocenters. The Kier molecular flexibility index (Phi) is 2.29. The van der Waals surface area contributed by atoms with E-state index < -0.39 is 5.97 Å². The molecule has 0 aromatic carbocycles. The first kappa shape index (κ1) is 8.27. The highest BCUT2D eigenvalue weighted by Crippen LogP contribution is 2.21. The van der Waals surface area contributed by atoms with Crippen molar-refractivity contribution in [3.8, 4) is 0 Å². The molecule has 3 heteroatoms. The Hall–Kier alpha value is -0.830. The number of aliphatic carboxylic acids is 1. The Morgan fingerprint density at radius 1 is 1.82 bits per heavy atom. The Morgan fingerprint density at radius 2 is 2.36 bits per heavy atom. The first-order chi connectivity index (χ1) is 5.11. The molecule has 1 saturated heterocycles. The summed E-state index contributed by atoms with van der Waals surface area (Å²) in [5.41, 5.74) is 0.396. The molecule has 1 heterocycles. The molecule has 3 nitrogen and oxygen atoms in total. The average molecular weight is 156 g/mol. The number of ether oxygens (including phenoxy) is 1. The van der Waals surface area contributed by atoms with Crippen molar-refractivity contribution in [2.75, 3.05) is 6.61 Å². The van der Waals surface area contributed by atoms with Crippen LogP contribution in [-0.4, -0.2) is 23.8 Å². The minimum absolute atomic E-state index is 0.228. The molecule has 0 aromatic rings. The van der Waals surface area contributed by atoms with Crippen molar-refractivity contribution in [1.82, 2.24) is 0 Å². The number of carboxylic acid groups (broad SMARTS) is 1. The van der Waals surface area contributed by atoms with Crippen LogP contribution in [0.4, 0.5) is 0 Å². The molecule has 1 N–H and O–H groups in total. The molecule has 0 bridgehead atoms. The standard InChI is InChI=1S/C8H12O3/c1-5(7-4-11-7)3-6(2)8(9)10/h3,5,7H,4H2,1-2H3,(H,9,10)/b6-3+. The third kappa shape index (κ3) is 2.35. The highest BCUT2D eigenvalue weighted by molar-refractivity contribution is 5.85. The lowest BCUT2D eigenvalue weighted by molar-refractivity contribution is -0.132. The molecule has 0 spiro atoms. The fraction of sp³-hybridized carbons (Fsp3) is 0.625. The van der Waals surface area contributed by atoms with Crippen LogP contribution in [0.3, 0.4) is 0 Å². The summed E-state index contributed by atoms with van der Waals surface area (Å²) in [5.74, 6) is -0.622.